The number of benzene rings is 2. The number of hydrogen-bond donors (Lipinski definition) is 0. The summed E-state index contributed by atoms with van der Waals surface area (Å²) in [4.78, 5) is 13.7. The quantitative estimate of drug-likeness (QED) is 0.509. The Morgan fingerprint density at radius 1 is 1.21 bits per heavy atom. The first kappa shape index (κ1) is 20.2. The number of likely N-dealkylation sites (N-methyl/N-ethyl adjacent to an activating group) is 1. The molecule has 0 radical (unpaired) electrons. The minimum atomic E-state index is -0.431. The maximum Gasteiger partial charge on any atom is 0.277 e. The van der Waals surface area contributed by atoms with Crippen LogP contribution in [0, 0.1) is 5.82 Å². The molecule has 0 bridgehead atoms. The van der Waals surface area contributed by atoms with Gasteiger partial charge in [0.1, 0.15) is 6.61 Å². The Morgan fingerprint density at radius 2 is 1.96 bits per heavy atom. The molecule has 0 saturated carbocycles. The summed E-state index contributed by atoms with van der Waals surface area (Å²) in [7, 11) is 1.65. The van der Waals surface area contributed by atoms with Gasteiger partial charge in [-0.05, 0) is 36.4 Å². The monoisotopic (exact) mass is 421 g/mol. The Hall–Kier alpha value is -2.58. The largest absolute Gasteiger partial charge is 0.489 e. The zero-order valence-electron chi connectivity index (χ0n) is 15.0. The lowest BCUT2D eigenvalue weighted by molar-refractivity contribution is -0.127. The Morgan fingerprint density at radius 3 is 2.71 bits per heavy atom. The smallest absolute Gasteiger partial charge is 0.277 e. The SMILES string of the molecule is CN(CCOc1ccccc1F)C(=O)CSc1nnc(-c2ccc(Cl)cc2)o1. The van der Waals surface area contributed by atoms with Crippen molar-refractivity contribution in [2.24, 2.45) is 0 Å². The van der Waals surface area contributed by atoms with Crippen LogP contribution in [0.3, 0.4) is 0 Å². The maximum absolute atomic E-state index is 13.5. The van der Waals surface area contributed by atoms with Gasteiger partial charge in [-0.15, -0.1) is 10.2 Å². The molecule has 0 fully saturated rings. The van der Waals surface area contributed by atoms with E-state index in [1.54, 1.807) is 49.5 Å². The second-order valence-electron chi connectivity index (χ2n) is 5.76. The molecule has 0 saturated heterocycles. The molecule has 1 heterocycles. The van der Waals surface area contributed by atoms with E-state index in [1.165, 1.54) is 11.0 Å². The van der Waals surface area contributed by atoms with Gasteiger partial charge in [0.25, 0.3) is 5.22 Å². The van der Waals surface area contributed by atoms with Crippen molar-refractivity contribution >= 4 is 29.3 Å². The Labute approximate surface area is 170 Å². The van der Waals surface area contributed by atoms with Crippen molar-refractivity contribution in [1.29, 1.82) is 0 Å². The summed E-state index contributed by atoms with van der Waals surface area (Å²) < 4.78 is 24.4. The first-order chi connectivity index (χ1) is 13.5. The predicted molar refractivity (Wildman–Crippen MR) is 105 cm³/mol. The number of amides is 1. The van der Waals surface area contributed by atoms with Crippen LogP contribution in [0.2, 0.25) is 5.02 Å². The van der Waals surface area contributed by atoms with Gasteiger partial charge in [0, 0.05) is 17.6 Å². The van der Waals surface area contributed by atoms with Gasteiger partial charge in [-0.3, -0.25) is 4.79 Å². The van der Waals surface area contributed by atoms with Crippen LogP contribution in [-0.2, 0) is 4.79 Å². The Kier molecular flexibility index (Phi) is 6.89. The number of thioether (sulfide) groups is 1. The van der Waals surface area contributed by atoms with Crippen molar-refractivity contribution in [3.63, 3.8) is 0 Å². The first-order valence-corrected chi connectivity index (χ1v) is 9.73. The molecule has 0 aliphatic rings. The van der Waals surface area contributed by atoms with Gasteiger partial charge in [-0.2, -0.15) is 0 Å². The van der Waals surface area contributed by atoms with E-state index in [2.05, 4.69) is 10.2 Å². The van der Waals surface area contributed by atoms with Crippen molar-refractivity contribution in [2.45, 2.75) is 5.22 Å². The van der Waals surface area contributed by atoms with Crippen LogP contribution in [0.5, 0.6) is 5.75 Å². The van der Waals surface area contributed by atoms with Gasteiger partial charge in [-0.25, -0.2) is 4.39 Å². The van der Waals surface area contributed by atoms with Gasteiger partial charge in [0.15, 0.2) is 11.6 Å². The van der Waals surface area contributed by atoms with Crippen molar-refractivity contribution in [2.75, 3.05) is 26.0 Å². The molecule has 6 nitrogen and oxygen atoms in total. The molecule has 3 aromatic rings. The van der Waals surface area contributed by atoms with Gasteiger partial charge in [-0.1, -0.05) is 35.5 Å². The number of halogens is 2. The van der Waals surface area contributed by atoms with Crippen LogP contribution in [-0.4, -0.2) is 47.0 Å². The topological polar surface area (TPSA) is 68.5 Å². The summed E-state index contributed by atoms with van der Waals surface area (Å²) >= 11 is 7.01. The fourth-order valence-electron chi connectivity index (χ4n) is 2.19. The van der Waals surface area contributed by atoms with Crippen LogP contribution in [0.15, 0.2) is 58.2 Å². The maximum atomic E-state index is 13.5. The summed E-state index contributed by atoms with van der Waals surface area (Å²) in [5.74, 6) is 0.100. The molecule has 2 aromatic carbocycles. The fourth-order valence-corrected chi connectivity index (χ4v) is 3.02. The van der Waals surface area contributed by atoms with E-state index in [0.717, 1.165) is 17.3 Å². The molecule has 0 N–H and O–H groups in total. The third-order valence-electron chi connectivity index (χ3n) is 3.76. The second kappa shape index (κ2) is 9.57. The lowest BCUT2D eigenvalue weighted by Crippen LogP contribution is -2.32. The summed E-state index contributed by atoms with van der Waals surface area (Å²) in [5, 5.41) is 8.82. The third kappa shape index (κ3) is 5.46. The van der Waals surface area contributed by atoms with Crippen molar-refractivity contribution < 1.29 is 18.3 Å². The van der Waals surface area contributed by atoms with E-state index in [-0.39, 0.29) is 24.0 Å². The summed E-state index contributed by atoms with van der Waals surface area (Å²) in [5.41, 5.74) is 0.748. The predicted octanol–water partition coefficient (Wildman–Crippen LogP) is 4.16. The average molecular weight is 422 g/mol. The molecule has 1 amide bonds. The van der Waals surface area contributed by atoms with Crippen LogP contribution in [0.25, 0.3) is 11.5 Å². The molecular weight excluding hydrogens is 405 g/mol. The highest BCUT2D eigenvalue weighted by atomic mass is 35.5. The van der Waals surface area contributed by atoms with Gasteiger partial charge < -0.3 is 14.1 Å². The van der Waals surface area contributed by atoms with Crippen LogP contribution in [0.4, 0.5) is 4.39 Å². The molecule has 0 spiro atoms. The molecule has 0 unspecified atom stereocenters. The number of nitrogens with zero attached hydrogens (tertiary/aromatic N) is 3. The summed E-state index contributed by atoms with van der Waals surface area (Å²) in [6.45, 7) is 0.517. The molecule has 3 rings (SSSR count). The van der Waals surface area contributed by atoms with Crippen molar-refractivity contribution in [3.05, 3.63) is 59.4 Å². The fraction of sp³-hybridized carbons (Fsp3) is 0.211. The van der Waals surface area contributed by atoms with Gasteiger partial charge in [0.2, 0.25) is 11.8 Å². The minimum absolute atomic E-state index is 0.131. The van der Waals surface area contributed by atoms with Crippen molar-refractivity contribution in [3.8, 4) is 17.2 Å². The molecule has 0 aliphatic heterocycles. The molecule has 1 aromatic heterocycles. The number of ether oxygens (including phenoxy) is 1. The normalized spacial score (nSPS) is 10.7. The lowest BCUT2D eigenvalue weighted by Gasteiger charge is -2.17. The van der Waals surface area contributed by atoms with Crippen LogP contribution >= 0.6 is 23.4 Å². The number of rotatable bonds is 8. The van der Waals surface area contributed by atoms with Crippen LogP contribution < -0.4 is 4.74 Å². The van der Waals surface area contributed by atoms with E-state index in [0.29, 0.717) is 22.7 Å². The summed E-state index contributed by atoms with van der Waals surface area (Å²) in [6.07, 6.45) is 0. The zero-order valence-corrected chi connectivity index (χ0v) is 16.5. The highest BCUT2D eigenvalue weighted by molar-refractivity contribution is 7.99. The highest BCUT2D eigenvalue weighted by Crippen LogP contribution is 2.24. The van der Waals surface area contributed by atoms with E-state index in [4.69, 9.17) is 20.8 Å². The van der Waals surface area contributed by atoms with E-state index in [9.17, 15) is 9.18 Å². The van der Waals surface area contributed by atoms with Crippen LogP contribution in [0.1, 0.15) is 0 Å². The molecule has 28 heavy (non-hydrogen) atoms. The molecule has 0 atom stereocenters. The average Bonchev–Trinajstić information content (AvgIpc) is 3.17. The van der Waals surface area contributed by atoms with Crippen molar-refractivity contribution in [1.82, 2.24) is 15.1 Å². The number of carbonyl (C=O) groups excluding carboxylic acids is 1. The van der Waals surface area contributed by atoms with E-state index in [1.807, 2.05) is 0 Å². The highest BCUT2D eigenvalue weighted by Gasteiger charge is 2.14. The van der Waals surface area contributed by atoms with Gasteiger partial charge >= 0.3 is 0 Å². The minimum Gasteiger partial charge on any atom is -0.489 e. The Balaban J connectivity index is 1.44. The molecule has 146 valence electrons. The standard InChI is InChI=1S/C19H17ClFN3O3S/c1-24(10-11-26-16-5-3-2-4-15(16)21)17(25)12-28-19-23-22-18(27-19)13-6-8-14(20)9-7-13/h2-9H,10-12H2,1H3. The second-order valence-corrected chi connectivity index (χ2v) is 7.13. The zero-order chi connectivity index (χ0) is 19.9. The Bertz CT molecular complexity index is 936. The summed E-state index contributed by atoms with van der Waals surface area (Å²) in [6, 6.07) is 13.2. The number of carbonyl (C=O) groups is 1. The molecular formula is C19H17ClFN3O3S. The van der Waals surface area contributed by atoms with E-state index < -0.39 is 5.82 Å². The number of aromatic nitrogens is 2. The number of para-hydroxylation sites is 1. The third-order valence-corrected chi connectivity index (χ3v) is 4.82. The molecule has 9 heteroatoms. The van der Waals surface area contributed by atoms with Gasteiger partial charge in [0.05, 0.1) is 12.3 Å². The lowest BCUT2D eigenvalue weighted by atomic mass is 10.2. The number of hydrogen-bond acceptors (Lipinski definition) is 6. The first-order valence-electron chi connectivity index (χ1n) is 8.36. The van der Waals surface area contributed by atoms with E-state index >= 15 is 0 Å². The molecule has 0 aliphatic carbocycles.